The Morgan fingerprint density at radius 2 is 1.35 bits per heavy atom. The predicted octanol–water partition coefficient (Wildman–Crippen LogP) is 0.150. The van der Waals surface area contributed by atoms with Gasteiger partial charge in [-0.3, -0.25) is 0 Å². The van der Waals surface area contributed by atoms with Crippen LogP contribution in [0, 0.1) is 138 Å². The predicted molar refractivity (Wildman–Crippen MR) is 53.9 cm³/mol. The quantitative estimate of drug-likeness (QED) is 0.352. The minimum atomic E-state index is -0.971. The molecule has 0 aromatic heterocycles. The Kier molecular flexibility index (Phi) is 28.4. The van der Waals surface area contributed by atoms with Gasteiger partial charge in [0.15, 0.2) is 0 Å². The number of ether oxygens (including phenoxy) is 1. The summed E-state index contributed by atoms with van der Waals surface area (Å²) in [4.78, 5) is 0. The van der Waals surface area contributed by atoms with Crippen LogP contribution in [0.3, 0.4) is 0 Å². The molecule has 0 spiro atoms. The van der Waals surface area contributed by atoms with Gasteiger partial charge in [-0.15, -0.1) is 0 Å². The Labute approximate surface area is 212 Å². The number of hydrogen-bond donors (Lipinski definition) is 3. The molecular formula is C10H22Ac3O4. The van der Waals surface area contributed by atoms with E-state index in [1.54, 1.807) is 0 Å². The van der Waals surface area contributed by atoms with Crippen molar-refractivity contribution >= 4 is 0 Å². The van der Waals surface area contributed by atoms with Gasteiger partial charge >= 0.3 is 0 Å². The standard InChI is InChI=1S/C8H16O4.C2H6.3Ac/c1-4-5(2)12-6(3-9)8(11)7(4)10;1-2;;;/h4-11H,3H2,1-2H3;1-2H3;;;/t4-,5-,6+,7?,8?;;;;/m0..../s1. The van der Waals surface area contributed by atoms with Crippen LogP contribution in [-0.4, -0.2) is 46.3 Å². The number of aliphatic hydroxyl groups is 3. The van der Waals surface area contributed by atoms with Crippen molar-refractivity contribution in [2.45, 2.75) is 52.1 Å². The molecule has 1 saturated heterocycles. The molecule has 0 aromatic carbocycles. The van der Waals surface area contributed by atoms with Gasteiger partial charge in [0, 0.05) is 138 Å². The van der Waals surface area contributed by atoms with Crippen LogP contribution in [0.25, 0.3) is 0 Å². The van der Waals surface area contributed by atoms with Crippen molar-refractivity contribution in [1.82, 2.24) is 0 Å². The molecule has 2 unspecified atom stereocenters. The van der Waals surface area contributed by atoms with Crippen molar-refractivity contribution in [3.05, 3.63) is 0 Å². The molecule has 0 amide bonds. The molecule has 4 nitrogen and oxygen atoms in total. The first-order valence-electron chi connectivity index (χ1n) is 5.20. The van der Waals surface area contributed by atoms with Crippen LogP contribution in [0.4, 0.5) is 0 Å². The Bertz CT molecular complexity index is 158. The Hall–Kier alpha value is 4.16. The van der Waals surface area contributed by atoms with Crippen LogP contribution in [0.1, 0.15) is 27.7 Å². The summed E-state index contributed by atoms with van der Waals surface area (Å²) in [6.07, 6.45) is -2.54. The molecule has 0 bridgehead atoms. The summed E-state index contributed by atoms with van der Waals surface area (Å²) in [6.45, 7) is 7.38. The molecule has 1 fully saturated rings. The van der Waals surface area contributed by atoms with Crippen molar-refractivity contribution in [2.24, 2.45) is 5.92 Å². The summed E-state index contributed by atoms with van der Waals surface area (Å²) in [5, 5.41) is 27.7. The number of aliphatic hydroxyl groups excluding tert-OH is 3. The van der Waals surface area contributed by atoms with E-state index in [1.165, 1.54) is 0 Å². The molecule has 1 aliphatic heterocycles. The van der Waals surface area contributed by atoms with Gasteiger partial charge in [0.1, 0.15) is 12.2 Å². The van der Waals surface area contributed by atoms with Crippen LogP contribution >= 0.6 is 0 Å². The minimum Gasteiger partial charge on any atom is -0.394 e. The first-order valence-corrected chi connectivity index (χ1v) is 5.20. The van der Waals surface area contributed by atoms with Gasteiger partial charge in [0.05, 0.1) is 18.8 Å². The van der Waals surface area contributed by atoms with E-state index in [-0.39, 0.29) is 151 Å². The summed E-state index contributed by atoms with van der Waals surface area (Å²) < 4.78 is 5.27. The summed E-state index contributed by atoms with van der Waals surface area (Å²) in [5.74, 6) is -0.0946. The summed E-state index contributed by atoms with van der Waals surface area (Å²) >= 11 is 0. The molecule has 0 aromatic rings. The fourth-order valence-corrected chi connectivity index (χ4v) is 1.44. The largest absolute Gasteiger partial charge is 0.394 e. The second kappa shape index (κ2) is 16.5. The topological polar surface area (TPSA) is 69.9 Å². The molecule has 1 aliphatic rings. The van der Waals surface area contributed by atoms with Gasteiger partial charge in [-0.25, -0.2) is 0 Å². The minimum absolute atomic E-state index is 0. The normalized spacial score (nSPS) is 35.1. The molecule has 0 saturated carbocycles. The zero-order valence-corrected chi connectivity index (χ0v) is 25.3. The van der Waals surface area contributed by atoms with Crippen LogP contribution in [-0.2, 0) is 4.74 Å². The van der Waals surface area contributed by atoms with Gasteiger partial charge < -0.3 is 20.1 Å². The summed E-state index contributed by atoms with van der Waals surface area (Å²) in [5.41, 5.74) is 0. The van der Waals surface area contributed by atoms with Crippen molar-refractivity contribution < 1.29 is 152 Å². The van der Waals surface area contributed by atoms with Gasteiger partial charge in [-0.2, -0.15) is 0 Å². The Morgan fingerprint density at radius 3 is 1.71 bits per heavy atom. The van der Waals surface area contributed by atoms with Crippen molar-refractivity contribution in [3.8, 4) is 0 Å². The SMILES string of the molecule is CC.C[C@@H]1O[C@H](CO)C(O)C(O)[C@H]1C.[Ac].[Ac].[Ac]. The third-order valence-electron chi connectivity index (χ3n) is 2.58. The monoisotopic (exact) mass is 887 g/mol. The first-order chi connectivity index (χ1) is 6.57. The molecule has 1 rings (SSSR count). The van der Waals surface area contributed by atoms with E-state index in [0.29, 0.717) is 0 Å². The van der Waals surface area contributed by atoms with Crippen LogP contribution in [0.15, 0.2) is 0 Å². The van der Waals surface area contributed by atoms with Crippen molar-refractivity contribution in [2.75, 3.05) is 6.61 Å². The number of rotatable bonds is 1. The van der Waals surface area contributed by atoms with Crippen LogP contribution in [0.5, 0.6) is 0 Å². The van der Waals surface area contributed by atoms with Crippen LogP contribution in [0.2, 0.25) is 0 Å². The molecule has 3 radical (unpaired) electrons. The van der Waals surface area contributed by atoms with E-state index < -0.39 is 18.3 Å². The Morgan fingerprint density at radius 1 is 0.941 bits per heavy atom. The zero-order valence-electron chi connectivity index (χ0n) is 11.1. The average Bonchev–Trinajstić information content (AvgIpc) is 2.23. The smallest absolute Gasteiger partial charge is 0.109 e. The fraction of sp³-hybridized carbons (Fsp3) is 1.00. The molecular weight excluding hydrogens is 865 g/mol. The fourth-order valence-electron chi connectivity index (χ4n) is 1.44. The molecule has 5 atom stereocenters. The second-order valence-corrected chi connectivity index (χ2v) is 3.40. The first kappa shape index (κ1) is 29.2. The van der Waals surface area contributed by atoms with Gasteiger partial charge in [0.25, 0.3) is 0 Å². The van der Waals surface area contributed by atoms with Gasteiger partial charge in [-0.05, 0) is 6.92 Å². The maximum Gasteiger partial charge on any atom is 0.109 e. The van der Waals surface area contributed by atoms with E-state index in [4.69, 9.17) is 9.84 Å². The molecule has 3 N–H and O–H groups in total. The van der Waals surface area contributed by atoms with E-state index in [2.05, 4.69) is 0 Å². The molecule has 7 heteroatoms. The molecule has 1 heterocycles. The zero-order chi connectivity index (χ0) is 11.3. The van der Waals surface area contributed by atoms with E-state index in [9.17, 15) is 10.2 Å². The van der Waals surface area contributed by atoms with Crippen LogP contribution < -0.4 is 0 Å². The van der Waals surface area contributed by atoms with Crippen molar-refractivity contribution in [1.29, 1.82) is 0 Å². The summed E-state index contributed by atoms with van der Waals surface area (Å²) in [7, 11) is 0. The maximum absolute atomic E-state index is 9.48. The molecule has 17 heavy (non-hydrogen) atoms. The van der Waals surface area contributed by atoms with E-state index in [1.807, 2.05) is 27.7 Å². The third-order valence-corrected chi connectivity index (χ3v) is 2.58. The molecule has 0 aliphatic carbocycles. The van der Waals surface area contributed by atoms with E-state index in [0.717, 1.165) is 0 Å². The second-order valence-electron chi connectivity index (χ2n) is 3.40. The van der Waals surface area contributed by atoms with E-state index >= 15 is 0 Å². The third kappa shape index (κ3) is 9.72. The molecule has 95 valence electrons. The average molecular weight is 887 g/mol. The maximum atomic E-state index is 9.48. The van der Waals surface area contributed by atoms with Crippen molar-refractivity contribution in [3.63, 3.8) is 0 Å². The Balaban J connectivity index is -0.000000160. The number of hydrogen-bond acceptors (Lipinski definition) is 4. The van der Waals surface area contributed by atoms with Gasteiger partial charge in [-0.1, -0.05) is 20.8 Å². The summed E-state index contributed by atoms with van der Waals surface area (Å²) in [6, 6.07) is 0. The van der Waals surface area contributed by atoms with Gasteiger partial charge in [0.2, 0.25) is 0 Å².